The summed E-state index contributed by atoms with van der Waals surface area (Å²) in [4.78, 5) is 34.0. The van der Waals surface area contributed by atoms with Gasteiger partial charge in [-0.25, -0.2) is 4.57 Å². The van der Waals surface area contributed by atoms with Crippen molar-refractivity contribution < 1.29 is 37.6 Å². The largest absolute Gasteiger partial charge is 0.472 e. The van der Waals surface area contributed by atoms with E-state index in [2.05, 4.69) is 60.9 Å². The number of unbranched alkanes of at least 4 members (excludes halogenated alkanes) is 8. The van der Waals surface area contributed by atoms with Crippen LogP contribution in [0.15, 0.2) is 60.8 Å². The topological polar surface area (TPSA) is 108 Å². The molecule has 9 heteroatoms. The van der Waals surface area contributed by atoms with Gasteiger partial charge >= 0.3 is 19.8 Å². The second kappa shape index (κ2) is 29.8. The van der Waals surface area contributed by atoms with Crippen LogP contribution in [0.25, 0.3) is 0 Å². The summed E-state index contributed by atoms with van der Waals surface area (Å²) in [7, 11) is -3.24. The lowest BCUT2D eigenvalue weighted by Gasteiger charge is -2.19. The van der Waals surface area contributed by atoms with Crippen LogP contribution in [-0.4, -0.2) is 43.3 Å². The van der Waals surface area contributed by atoms with Gasteiger partial charge in [0.2, 0.25) is 0 Å². The van der Waals surface area contributed by atoms with E-state index in [9.17, 15) is 19.0 Å². The number of carbonyl (C=O) groups is 2. The SMILES string of the molecule is CC/C=C\C/C=C\C/C=C\C/C=C\C/C=C\CC(=O)OC(COC(=O)CCCCCCCCCCC)COP(=O)(O)OC. The number of carbonyl (C=O) groups excluding carboxylic acids is 2. The van der Waals surface area contributed by atoms with E-state index in [1.807, 2.05) is 12.2 Å². The number of phosphoric ester groups is 1. The van der Waals surface area contributed by atoms with Gasteiger partial charge in [0.15, 0.2) is 6.10 Å². The zero-order valence-electron chi connectivity index (χ0n) is 26.8. The van der Waals surface area contributed by atoms with E-state index in [0.29, 0.717) is 6.42 Å². The van der Waals surface area contributed by atoms with Crippen molar-refractivity contribution in [1.29, 1.82) is 0 Å². The Kier molecular flexibility index (Phi) is 28.2. The lowest BCUT2D eigenvalue weighted by molar-refractivity contribution is -0.160. The summed E-state index contributed by atoms with van der Waals surface area (Å²) in [5, 5.41) is 0. The Morgan fingerprint density at radius 2 is 1.16 bits per heavy atom. The van der Waals surface area contributed by atoms with Crippen molar-refractivity contribution in [1.82, 2.24) is 0 Å². The van der Waals surface area contributed by atoms with Crippen LogP contribution in [-0.2, 0) is 32.7 Å². The molecule has 0 aromatic rings. The highest BCUT2D eigenvalue weighted by Crippen LogP contribution is 2.42. The minimum absolute atomic E-state index is 0.0114. The molecule has 0 amide bonds. The van der Waals surface area contributed by atoms with Crippen LogP contribution in [0.5, 0.6) is 0 Å². The fourth-order valence-electron chi connectivity index (χ4n) is 3.85. The van der Waals surface area contributed by atoms with Crippen LogP contribution in [0.2, 0.25) is 0 Å². The molecule has 0 radical (unpaired) electrons. The number of hydrogen-bond acceptors (Lipinski definition) is 7. The standard InChI is InChI=1S/C34H57O8P/c1-4-6-8-10-12-14-15-16-17-18-19-21-23-25-27-29-34(36)42-32(31-41-43(37,38)39-3)30-40-33(35)28-26-24-22-20-13-11-9-7-5-2/h6,8,12,14,16-17,19,21,25,27,32H,4-5,7,9-11,13,15,18,20,22-24,26,28-31H2,1-3H3,(H,37,38)/b8-6-,14-12-,17-16-,21-19-,27-25-. The minimum Gasteiger partial charge on any atom is -0.462 e. The fourth-order valence-corrected chi connectivity index (χ4v) is 4.31. The number of allylic oxidation sites excluding steroid dienone is 9. The lowest BCUT2D eigenvalue weighted by atomic mass is 10.1. The number of rotatable bonds is 28. The van der Waals surface area contributed by atoms with Gasteiger partial charge in [0.1, 0.15) is 6.61 Å². The van der Waals surface area contributed by atoms with Crippen LogP contribution in [0, 0.1) is 0 Å². The Labute approximate surface area is 260 Å². The molecule has 0 aliphatic carbocycles. The first-order chi connectivity index (χ1) is 20.8. The Morgan fingerprint density at radius 1 is 0.674 bits per heavy atom. The third-order valence-corrected chi connectivity index (χ3v) is 7.25. The van der Waals surface area contributed by atoms with E-state index in [-0.39, 0.29) is 19.4 Å². The van der Waals surface area contributed by atoms with Crippen molar-refractivity contribution in [3.8, 4) is 0 Å². The van der Waals surface area contributed by atoms with Crippen molar-refractivity contribution in [2.24, 2.45) is 0 Å². The summed E-state index contributed by atoms with van der Waals surface area (Å²) in [6.45, 7) is 3.62. The van der Waals surface area contributed by atoms with Crippen LogP contribution in [0.4, 0.5) is 0 Å². The Morgan fingerprint density at radius 3 is 1.67 bits per heavy atom. The van der Waals surface area contributed by atoms with Gasteiger partial charge in [-0.15, -0.1) is 0 Å². The van der Waals surface area contributed by atoms with Gasteiger partial charge in [0, 0.05) is 13.5 Å². The van der Waals surface area contributed by atoms with Crippen LogP contribution < -0.4 is 0 Å². The average Bonchev–Trinajstić information content (AvgIpc) is 2.99. The first-order valence-electron chi connectivity index (χ1n) is 16.0. The number of esters is 2. The van der Waals surface area contributed by atoms with Gasteiger partial charge in [0.05, 0.1) is 13.0 Å². The predicted octanol–water partition coefficient (Wildman–Crippen LogP) is 9.27. The molecule has 0 aromatic heterocycles. The van der Waals surface area contributed by atoms with E-state index in [4.69, 9.17) is 14.0 Å². The summed E-state index contributed by atoms with van der Waals surface area (Å²) >= 11 is 0. The minimum atomic E-state index is -4.27. The highest BCUT2D eigenvalue weighted by molar-refractivity contribution is 7.47. The first kappa shape index (κ1) is 40.8. The number of ether oxygens (including phenoxy) is 2. The predicted molar refractivity (Wildman–Crippen MR) is 175 cm³/mol. The molecular weight excluding hydrogens is 567 g/mol. The maximum Gasteiger partial charge on any atom is 0.472 e. The van der Waals surface area contributed by atoms with E-state index in [1.54, 1.807) is 6.08 Å². The molecule has 0 heterocycles. The second-order valence-electron chi connectivity index (χ2n) is 10.2. The molecular formula is C34H57O8P. The fraction of sp³-hybridized carbons (Fsp3) is 0.647. The zero-order chi connectivity index (χ0) is 31.9. The van der Waals surface area contributed by atoms with E-state index < -0.39 is 32.5 Å². The zero-order valence-corrected chi connectivity index (χ0v) is 27.7. The molecule has 0 fully saturated rings. The summed E-state index contributed by atoms with van der Waals surface area (Å²) in [6.07, 6.45) is 34.5. The van der Waals surface area contributed by atoms with E-state index in [0.717, 1.165) is 52.1 Å². The maximum absolute atomic E-state index is 12.3. The normalized spacial score (nSPS) is 14.4. The van der Waals surface area contributed by atoms with Crippen LogP contribution >= 0.6 is 7.82 Å². The summed E-state index contributed by atoms with van der Waals surface area (Å²) < 4.78 is 31.5. The highest BCUT2D eigenvalue weighted by Gasteiger charge is 2.24. The van der Waals surface area contributed by atoms with Gasteiger partial charge in [-0.1, -0.05) is 126 Å². The van der Waals surface area contributed by atoms with Crippen molar-refractivity contribution >= 4 is 19.8 Å². The van der Waals surface area contributed by atoms with Gasteiger partial charge in [-0.2, -0.15) is 0 Å². The molecule has 0 aliphatic heterocycles. The molecule has 246 valence electrons. The van der Waals surface area contributed by atoms with Crippen molar-refractivity contribution in [2.45, 2.75) is 123 Å². The van der Waals surface area contributed by atoms with Crippen molar-refractivity contribution in [3.63, 3.8) is 0 Å². The summed E-state index contributed by atoms with van der Waals surface area (Å²) in [5.74, 6) is -0.962. The molecule has 0 bridgehead atoms. The Bertz CT molecular complexity index is 891. The number of hydrogen-bond donors (Lipinski definition) is 1. The molecule has 1 N–H and O–H groups in total. The molecule has 0 aromatic carbocycles. The molecule has 8 nitrogen and oxygen atoms in total. The molecule has 2 atom stereocenters. The summed E-state index contributed by atoms with van der Waals surface area (Å²) in [5.41, 5.74) is 0. The first-order valence-corrected chi connectivity index (χ1v) is 17.5. The van der Waals surface area contributed by atoms with Gasteiger partial charge < -0.3 is 14.4 Å². The Balaban J connectivity index is 4.33. The highest BCUT2D eigenvalue weighted by atomic mass is 31.2. The number of phosphoric acid groups is 1. The quantitative estimate of drug-likeness (QED) is 0.0397. The van der Waals surface area contributed by atoms with Crippen LogP contribution in [0.3, 0.4) is 0 Å². The van der Waals surface area contributed by atoms with Gasteiger partial charge in [-0.05, 0) is 38.5 Å². The average molecular weight is 625 g/mol. The van der Waals surface area contributed by atoms with Gasteiger partial charge in [-0.3, -0.25) is 18.6 Å². The molecule has 2 unspecified atom stereocenters. The van der Waals surface area contributed by atoms with E-state index in [1.165, 1.54) is 38.5 Å². The van der Waals surface area contributed by atoms with Crippen LogP contribution in [0.1, 0.15) is 117 Å². The van der Waals surface area contributed by atoms with E-state index >= 15 is 0 Å². The molecule has 0 saturated heterocycles. The molecule has 0 saturated carbocycles. The Hall–Kier alpha value is -2.25. The van der Waals surface area contributed by atoms with Crippen molar-refractivity contribution in [3.05, 3.63) is 60.8 Å². The molecule has 0 spiro atoms. The maximum atomic E-state index is 12.3. The lowest BCUT2D eigenvalue weighted by Crippen LogP contribution is -2.29. The summed E-state index contributed by atoms with van der Waals surface area (Å²) in [6, 6.07) is 0. The molecule has 0 aliphatic rings. The third kappa shape index (κ3) is 29.6. The smallest absolute Gasteiger partial charge is 0.462 e. The molecule has 43 heavy (non-hydrogen) atoms. The van der Waals surface area contributed by atoms with Crippen molar-refractivity contribution in [2.75, 3.05) is 20.3 Å². The second-order valence-corrected chi connectivity index (χ2v) is 11.8. The van der Waals surface area contributed by atoms with Gasteiger partial charge in [0.25, 0.3) is 0 Å². The monoisotopic (exact) mass is 624 g/mol. The molecule has 0 rings (SSSR count). The third-order valence-electron chi connectivity index (χ3n) is 6.31.